The number of benzene rings is 1. The van der Waals surface area contributed by atoms with Gasteiger partial charge in [-0.1, -0.05) is 0 Å². The Morgan fingerprint density at radius 1 is 1.52 bits per heavy atom. The van der Waals surface area contributed by atoms with Crippen molar-refractivity contribution in [3.63, 3.8) is 0 Å². The largest absolute Gasteiger partial charge is 0.388 e. The van der Waals surface area contributed by atoms with Crippen LogP contribution in [0.4, 0.5) is 11.4 Å². The Labute approximate surface area is 122 Å². The van der Waals surface area contributed by atoms with Crippen LogP contribution in [0.1, 0.15) is 30.1 Å². The molecule has 7 heteroatoms. The van der Waals surface area contributed by atoms with Crippen LogP contribution < -0.4 is 5.32 Å². The lowest BCUT2D eigenvalue weighted by atomic mass is 9.94. The van der Waals surface area contributed by atoms with E-state index in [0.717, 1.165) is 6.42 Å². The zero-order valence-corrected chi connectivity index (χ0v) is 12.1. The Bertz CT molecular complexity index is 571. The Kier molecular flexibility index (Phi) is 4.13. The van der Waals surface area contributed by atoms with E-state index in [1.54, 1.807) is 24.9 Å². The van der Waals surface area contributed by atoms with E-state index < -0.39 is 10.5 Å². The highest BCUT2D eigenvalue weighted by Gasteiger charge is 2.31. The van der Waals surface area contributed by atoms with E-state index in [4.69, 9.17) is 0 Å². The minimum Gasteiger partial charge on any atom is -0.388 e. The van der Waals surface area contributed by atoms with Crippen LogP contribution in [0.5, 0.6) is 0 Å². The summed E-state index contributed by atoms with van der Waals surface area (Å²) in [6.07, 6.45) is 1.37. The maximum absolute atomic E-state index is 12.4. The fourth-order valence-corrected chi connectivity index (χ4v) is 2.60. The summed E-state index contributed by atoms with van der Waals surface area (Å²) in [6.45, 7) is 2.49. The molecule has 1 aliphatic heterocycles. The molecule has 1 fully saturated rings. The van der Waals surface area contributed by atoms with Gasteiger partial charge in [-0.3, -0.25) is 14.9 Å². The summed E-state index contributed by atoms with van der Waals surface area (Å²) >= 11 is 0. The van der Waals surface area contributed by atoms with Gasteiger partial charge in [-0.25, -0.2) is 0 Å². The molecule has 1 amide bonds. The molecule has 1 aromatic carbocycles. The first-order valence-corrected chi connectivity index (χ1v) is 6.82. The third-order valence-electron chi connectivity index (χ3n) is 3.67. The predicted octanol–water partition coefficient (Wildman–Crippen LogP) is 1.62. The van der Waals surface area contributed by atoms with Crippen LogP contribution in [-0.4, -0.2) is 46.6 Å². The molecule has 114 valence electrons. The second-order valence-corrected chi connectivity index (χ2v) is 5.57. The van der Waals surface area contributed by atoms with Gasteiger partial charge in [0.1, 0.15) is 5.69 Å². The standard InChI is InChI=1S/C14H19N3O4/c1-14(19)6-3-7-16(9-14)13(18)10-4-5-11(15-2)12(8-10)17(20)21/h4-5,8,15,19H,3,6-7,9H2,1-2H3. The van der Waals surface area contributed by atoms with Crippen molar-refractivity contribution in [1.82, 2.24) is 4.90 Å². The van der Waals surface area contributed by atoms with Crippen LogP contribution >= 0.6 is 0 Å². The Morgan fingerprint density at radius 3 is 2.81 bits per heavy atom. The first-order chi connectivity index (χ1) is 9.84. The number of carbonyl (C=O) groups excluding carboxylic acids is 1. The van der Waals surface area contributed by atoms with Crippen molar-refractivity contribution in [3.8, 4) is 0 Å². The highest BCUT2D eigenvalue weighted by molar-refractivity contribution is 5.95. The molecule has 0 saturated carbocycles. The van der Waals surface area contributed by atoms with Gasteiger partial charge < -0.3 is 15.3 Å². The molecule has 1 saturated heterocycles. The number of nitro groups is 1. The number of rotatable bonds is 3. The molecule has 0 radical (unpaired) electrons. The number of aliphatic hydroxyl groups is 1. The Balaban J connectivity index is 2.27. The summed E-state index contributed by atoms with van der Waals surface area (Å²) in [5.74, 6) is -0.291. The van der Waals surface area contributed by atoms with Crippen LogP contribution in [0, 0.1) is 10.1 Å². The van der Waals surface area contributed by atoms with Gasteiger partial charge in [-0.05, 0) is 31.9 Å². The monoisotopic (exact) mass is 293 g/mol. The molecule has 0 spiro atoms. The number of nitrogens with zero attached hydrogens (tertiary/aromatic N) is 2. The summed E-state index contributed by atoms with van der Waals surface area (Å²) in [4.78, 5) is 24.5. The van der Waals surface area contributed by atoms with Crippen molar-refractivity contribution in [1.29, 1.82) is 0 Å². The molecule has 1 aromatic rings. The number of amides is 1. The fraction of sp³-hybridized carbons (Fsp3) is 0.500. The van der Waals surface area contributed by atoms with E-state index in [1.165, 1.54) is 12.1 Å². The molecule has 1 unspecified atom stereocenters. The van der Waals surface area contributed by atoms with E-state index in [2.05, 4.69) is 5.32 Å². The number of anilines is 1. The third-order valence-corrected chi connectivity index (χ3v) is 3.67. The fourth-order valence-electron chi connectivity index (χ4n) is 2.60. The molecule has 1 heterocycles. The molecule has 1 aliphatic rings. The molecule has 0 aliphatic carbocycles. The normalized spacial score (nSPS) is 22.0. The number of nitro benzene ring substituents is 1. The number of hydrogen-bond donors (Lipinski definition) is 2. The van der Waals surface area contributed by atoms with E-state index >= 15 is 0 Å². The molecule has 0 bridgehead atoms. The number of likely N-dealkylation sites (tertiary alicyclic amines) is 1. The molecule has 0 aromatic heterocycles. The van der Waals surface area contributed by atoms with E-state index in [1.807, 2.05) is 0 Å². The maximum Gasteiger partial charge on any atom is 0.293 e. The summed E-state index contributed by atoms with van der Waals surface area (Å²) in [5, 5.41) is 23.8. The van der Waals surface area contributed by atoms with Gasteiger partial charge in [0.15, 0.2) is 0 Å². The van der Waals surface area contributed by atoms with Gasteiger partial charge >= 0.3 is 0 Å². The molecule has 2 N–H and O–H groups in total. The minimum absolute atomic E-state index is 0.132. The molecular weight excluding hydrogens is 274 g/mol. The van der Waals surface area contributed by atoms with Gasteiger partial charge in [0.25, 0.3) is 11.6 Å². The summed E-state index contributed by atoms with van der Waals surface area (Å²) in [5.41, 5.74) is -0.405. The summed E-state index contributed by atoms with van der Waals surface area (Å²) < 4.78 is 0. The van der Waals surface area contributed by atoms with Crippen molar-refractivity contribution in [3.05, 3.63) is 33.9 Å². The maximum atomic E-state index is 12.4. The van der Waals surface area contributed by atoms with Crippen molar-refractivity contribution in [2.75, 3.05) is 25.5 Å². The quantitative estimate of drug-likeness (QED) is 0.652. The topological polar surface area (TPSA) is 95.7 Å². The van der Waals surface area contributed by atoms with E-state index in [9.17, 15) is 20.0 Å². The Hall–Kier alpha value is -2.15. The zero-order valence-electron chi connectivity index (χ0n) is 12.1. The number of hydrogen-bond acceptors (Lipinski definition) is 5. The van der Waals surface area contributed by atoms with Crippen LogP contribution in [0.25, 0.3) is 0 Å². The Morgan fingerprint density at radius 2 is 2.24 bits per heavy atom. The first-order valence-electron chi connectivity index (χ1n) is 6.82. The SMILES string of the molecule is CNc1ccc(C(=O)N2CCCC(C)(O)C2)cc1[N+](=O)[O-]. The first kappa shape index (κ1) is 15.2. The van der Waals surface area contributed by atoms with Crippen LogP contribution in [0.2, 0.25) is 0 Å². The van der Waals surface area contributed by atoms with Gasteiger partial charge in [0.2, 0.25) is 0 Å². The lowest BCUT2D eigenvalue weighted by Crippen LogP contribution is -2.48. The second kappa shape index (κ2) is 5.69. The number of nitrogens with one attached hydrogen (secondary N) is 1. The lowest BCUT2D eigenvalue weighted by molar-refractivity contribution is -0.384. The van der Waals surface area contributed by atoms with Gasteiger partial charge in [-0.15, -0.1) is 0 Å². The van der Waals surface area contributed by atoms with Crippen molar-refractivity contribution < 1.29 is 14.8 Å². The molecule has 21 heavy (non-hydrogen) atoms. The number of piperidine rings is 1. The molecular formula is C14H19N3O4. The zero-order chi connectivity index (χ0) is 15.6. The van der Waals surface area contributed by atoms with Gasteiger partial charge in [0, 0.05) is 31.8 Å². The van der Waals surface area contributed by atoms with Crippen LogP contribution in [0.3, 0.4) is 0 Å². The number of carbonyl (C=O) groups is 1. The van der Waals surface area contributed by atoms with E-state index in [-0.39, 0.29) is 23.7 Å². The minimum atomic E-state index is -0.898. The average molecular weight is 293 g/mol. The van der Waals surface area contributed by atoms with Gasteiger partial charge in [-0.2, -0.15) is 0 Å². The molecule has 2 rings (SSSR count). The van der Waals surface area contributed by atoms with E-state index in [0.29, 0.717) is 18.7 Å². The van der Waals surface area contributed by atoms with Crippen LogP contribution in [0.15, 0.2) is 18.2 Å². The smallest absolute Gasteiger partial charge is 0.293 e. The summed E-state index contributed by atoms with van der Waals surface area (Å²) in [7, 11) is 1.59. The van der Waals surface area contributed by atoms with Crippen molar-refractivity contribution in [2.24, 2.45) is 0 Å². The third kappa shape index (κ3) is 3.30. The predicted molar refractivity (Wildman–Crippen MR) is 78.4 cm³/mol. The second-order valence-electron chi connectivity index (χ2n) is 5.57. The average Bonchev–Trinajstić information content (AvgIpc) is 2.44. The number of β-amino-alcohol motifs (C(OH)–C–C–N with tert-alkyl or cyclic N) is 1. The van der Waals surface area contributed by atoms with Crippen molar-refractivity contribution in [2.45, 2.75) is 25.4 Å². The van der Waals surface area contributed by atoms with Crippen molar-refractivity contribution >= 4 is 17.3 Å². The van der Waals surface area contributed by atoms with Gasteiger partial charge in [0.05, 0.1) is 10.5 Å². The lowest BCUT2D eigenvalue weighted by Gasteiger charge is -2.36. The van der Waals surface area contributed by atoms with Crippen LogP contribution in [-0.2, 0) is 0 Å². The molecule has 1 atom stereocenters. The molecule has 7 nitrogen and oxygen atoms in total. The summed E-state index contributed by atoms with van der Waals surface area (Å²) in [6, 6.07) is 4.36. The highest BCUT2D eigenvalue weighted by atomic mass is 16.6. The highest BCUT2D eigenvalue weighted by Crippen LogP contribution is 2.27.